The summed E-state index contributed by atoms with van der Waals surface area (Å²) in [5, 5.41) is 3.99. The molecule has 2 N–H and O–H groups in total. The van der Waals surface area contributed by atoms with Gasteiger partial charge in [-0.1, -0.05) is 19.0 Å². The molecule has 0 aliphatic carbocycles. The normalized spacial score (nSPS) is 15.2. The number of amides is 1. The van der Waals surface area contributed by atoms with Crippen LogP contribution >= 0.6 is 0 Å². The molecule has 0 saturated heterocycles. The van der Waals surface area contributed by atoms with E-state index in [1.165, 1.54) is 0 Å². The van der Waals surface area contributed by atoms with Crippen LogP contribution in [0.3, 0.4) is 0 Å². The molecule has 0 fully saturated rings. The van der Waals surface area contributed by atoms with E-state index in [0.717, 1.165) is 24.2 Å². The number of nitrogens with two attached hydrogens (primary N) is 1. The van der Waals surface area contributed by atoms with Gasteiger partial charge in [0, 0.05) is 24.9 Å². The van der Waals surface area contributed by atoms with Crippen molar-refractivity contribution in [1.82, 2.24) is 10.1 Å². The van der Waals surface area contributed by atoms with Crippen LogP contribution in [0, 0.1) is 5.92 Å². The minimum atomic E-state index is 0.204. The average molecular weight is 237 g/mol. The summed E-state index contributed by atoms with van der Waals surface area (Å²) < 4.78 is 5.16. The third kappa shape index (κ3) is 2.49. The second-order valence-electron chi connectivity index (χ2n) is 4.90. The van der Waals surface area contributed by atoms with Crippen LogP contribution < -0.4 is 5.73 Å². The van der Waals surface area contributed by atoms with Crippen LogP contribution in [-0.2, 0) is 24.3 Å². The number of nitrogens with zero attached hydrogens (tertiary/aromatic N) is 2. The van der Waals surface area contributed by atoms with Gasteiger partial charge in [-0.3, -0.25) is 4.79 Å². The van der Waals surface area contributed by atoms with E-state index in [1.807, 2.05) is 4.90 Å². The Morgan fingerprint density at radius 1 is 1.59 bits per heavy atom. The standard InChI is InChI=1S/C12H19N3O2/c1-8(2)5-12(16)15-4-3-10-9(7-15)11(6-13)17-14-10/h8H,3-7,13H2,1-2H3. The number of carbonyl (C=O) groups is 1. The molecule has 1 amide bonds. The lowest BCUT2D eigenvalue weighted by Gasteiger charge is -2.27. The predicted octanol–water partition coefficient (Wildman–Crippen LogP) is 1.06. The smallest absolute Gasteiger partial charge is 0.223 e. The quantitative estimate of drug-likeness (QED) is 0.853. The molecule has 1 aromatic rings. The Balaban J connectivity index is 2.09. The highest BCUT2D eigenvalue weighted by Gasteiger charge is 2.26. The van der Waals surface area contributed by atoms with Crippen molar-refractivity contribution in [2.45, 2.75) is 39.8 Å². The molecule has 0 radical (unpaired) electrons. The highest BCUT2D eigenvalue weighted by Crippen LogP contribution is 2.22. The van der Waals surface area contributed by atoms with E-state index in [2.05, 4.69) is 19.0 Å². The highest BCUT2D eigenvalue weighted by molar-refractivity contribution is 5.76. The molecule has 1 aliphatic rings. The highest BCUT2D eigenvalue weighted by atomic mass is 16.5. The van der Waals surface area contributed by atoms with Gasteiger partial charge in [0.25, 0.3) is 0 Å². The summed E-state index contributed by atoms with van der Waals surface area (Å²) in [5.41, 5.74) is 7.55. The van der Waals surface area contributed by atoms with Crippen LogP contribution in [0.25, 0.3) is 0 Å². The number of carbonyl (C=O) groups excluding carboxylic acids is 1. The molecular weight excluding hydrogens is 218 g/mol. The molecule has 17 heavy (non-hydrogen) atoms. The first kappa shape index (κ1) is 12.1. The summed E-state index contributed by atoms with van der Waals surface area (Å²) in [6.45, 7) is 5.77. The maximum absolute atomic E-state index is 12.0. The van der Waals surface area contributed by atoms with Crippen molar-refractivity contribution in [3.8, 4) is 0 Å². The first-order valence-corrected chi connectivity index (χ1v) is 6.06. The summed E-state index contributed by atoms with van der Waals surface area (Å²) in [6, 6.07) is 0. The summed E-state index contributed by atoms with van der Waals surface area (Å²) >= 11 is 0. The molecule has 0 atom stereocenters. The van der Waals surface area contributed by atoms with Gasteiger partial charge in [0.1, 0.15) is 0 Å². The average Bonchev–Trinajstić information content (AvgIpc) is 2.69. The van der Waals surface area contributed by atoms with E-state index in [1.54, 1.807) is 0 Å². The van der Waals surface area contributed by atoms with Gasteiger partial charge in [-0.25, -0.2) is 0 Å². The number of rotatable bonds is 3. The molecule has 2 rings (SSSR count). The topological polar surface area (TPSA) is 72.4 Å². The fraction of sp³-hybridized carbons (Fsp3) is 0.667. The minimum Gasteiger partial charge on any atom is -0.359 e. The van der Waals surface area contributed by atoms with E-state index < -0.39 is 0 Å². The zero-order valence-corrected chi connectivity index (χ0v) is 10.4. The second kappa shape index (κ2) is 4.87. The summed E-state index contributed by atoms with van der Waals surface area (Å²) in [4.78, 5) is 13.9. The Morgan fingerprint density at radius 3 is 3.00 bits per heavy atom. The zero-order chi connectivity index (χ0) is 12.4. The Morgan fingerprint density at radius 2 is 2.35 bits per heavy atom. The summed E-state index contributed by atoms with van der Waals surface area (Å²) in [7, 11) is 0. The predicted molar refractivity (Wildman–Crippen MR) is 63.0 cm³/mol. The SMILES string of the molecule is CC(C)CC(=O)N1CCc2noc(CN)c2C1. The van der Waals surface area contributed by atoms with Crippen molar-refractivity contribution < 1.29 is 9.32 Å². The molecule has 1 aromatic heterocycles. The lowest BCUT2D eigenvalue weighted by molar-refractivity contribution is -0.132. The summed E-state index contributed by atoms with van der Waals surface area (Å²) in [5.74, 6) is 1.30. The molecule has 0 bridgehead atoms. The van der Waals surface area contributed by atoms with Gasteiger partial charge in [-0.15, -0.1) is 0 Å². The van der Waals surface area contributed by atoms with Gasteiger partial charge in [-0.05, 0) is 5.92 Å². The van der Waals surface area contributed by atoms with Crippen LogP contribution in [0.2, 0.25) is 0 Å². The van der Waals surface area contributed by atoms with Gasteiger partial charge < -0.3 is 15.2 Å². The van der Waals surface area contributed by atoms with Crippen LogP contribution in [0.15, 0.2) is 4.52 Å². The Bertz CT molecular complexity index is 398. The molecular formula is C12H19N3O2. The zero-order valence-electron chi connectivity index (χ0n) is 10.4. The minimum absolute atomic E-state index is 0.204. The maximum Gasteiger partial charge on any atom is 0.223 e. The Hall–Kier alpha value is -1.36. The fourth-order valence-electron chi connectivity index (χ4n) is 2.12. The molecule has 1 aliphatic heterocycles. The van der Waals surface area contributed by atoms with Crippen molar-refractivity contribution >= 4 is 5.91 Å². The molecule has 0 aromatic carbocycles. The largest absolute Gasteiger partial charge is 0.359 e. The first-order chi connectivity index (χ1) is 8.11. The van der Waals surface area contributed by atoms with Crippen LogP contribution in [0.1, 0.15) is 37.3 Å². The van der Waals surface area contributed by atoms with E-state index in [9.17, 15) is 4.79 Å². The molecule has 0 saturated carbocycles. The van der Waals surface area contributed by atoms with Gasteiger partial charge in [-0.2, -0.15) is 0 Å². The molecule has 5 nitrogen and oxygen atoms in total. The molecule has 5 heteroatoms. The third-order valence-corrected chi connectivity index (χ3v) is 3.04. The van der Waals surface area contributed by atoms with Crippen molar-refractivity contribution in [2.75, 3.05) is 6.54 Å². The van der Waals surface area contributed by atoms with Gasteiger partial charge >= 0.3 is 0 Å². The number of hydrogen-bond acceptors (Lipinski definition) is 4. The van der Waals surface area contributed by atoms with E-state index >= 15 is 0 Å². The van der Waals surface area contributed by atoms with Gasteiger partial charge in [0.15, 0.2) is 5.76 Å². The lowest BCUT2D eigenvalue weighted by Crippen LogP contribution is -2.36. The monoisotopic (exact) mass is 237 g/mol. The Labute approximate surface area is 101 Å². The van der Waals surface area contributed by atoms with Crippen LogP contribution in [0.5, 0.6) is 0 Å². The molecule has 2 heterocycles. The summed E-state index contributed by atoms with van der Waals surface area (Å²) in [6.07, 6.45) is 1.36. The van der Waals surface area contributed by atoms with Crippen molar-refractivity contribution in [1.29, 1.82) is 0 Å². The maximum atomic E-state index is 12.0. The van der Waals surface area contributed by atoms with Crippen molar-refractivity contribution in [3.05, 3.63) is 17.0 Å². The molecule has 94 valence electrons. The van der Waals surface area contributed by atoms with Gasteiger partial charge in [0.2, 0.25) is 5.91 Å². The number of hydrogen-bond donors (Lipinski definition) is 1. The lowest BCUT2D eigenvalue weighted by atomic mass is 10.0. The van der Waals surface area contributed by atoms with Gasteiger partial charge in [0.05, 0.1) is 18.8 Å². The van der Waals surface area contributed by atoms with Crippen LogP contribution in [0.4, 0.5) is 0 Å². The van der Waals surface area contributed by atoms with E-state index in [0.29, 0.717) is 31.2 Å². The number of fused-ring (bicyclic) bond motifs is 1. The van der Waals surface area contributed by atoms with Crippen molar-refractivity contribution in [3.63, 3.8) is 0 Å². The second-order valence-corrected chi connectivity index (χ2v) is 4.90. The molecule has 0 unspecified atom stereocenters. The fourth-order valence-corrected chi connectivity index (χ4v) is 2.12. The van der Waals surface area contributed by atoms with Crippen molar-refractivity contribution in [2.24, 2.45) is 11.7 Å². The number of aromatic nitrogens is 1. The first-order valence-electron chi connectivity index (χ1n) is 6.06. The van der Waals surface area contributed by atoms with E-state index in [4.69, 9.17) is 10.3 Å². The van der Waals surface area contributed by atoms with Crippen LogP contribution in [-0.4, -0.2) is 22.5 Å². The third-order valence-electron chi connectivity index (χ3n) is 3.04. The van der Waals surface area contributed by atoms with E-state index in [-0.39, 0.29) is 5.91 Å². The molecule has 0 spiro atoms. The Kier molecular flexibility index (Phi) is 3.47.